The third-order valence-electron chi connectivity index (χ3n) is 4.80. The number of nitrogen functional groups attached to an aromatic ring is 1. The van der Waals surface area contributed by atoms with Crippen molar-refractivity contribution in [2.75, 3.05) is 5.73 Å². The average Bonchev–Trinajstić information content (AvgIpc) is 2.97. The zero-order chi connectivity index (χ0) is 18.3. The minimum absolute atomic E-state index is 0.264. The van der Waals surface area contributed by atoms with E-state index in [2.05, 4.69) is 15.0 Å². The highest BCUT2D eigenvalue weighted by Gasteiger charge is 2.31. The van der Waals surface area contributed by atoms with E-state index in [1.807, 2.05) is 11.5 Å². The Morgan fingerprint density at radius 1 is 1.31 bits per heavy atom. The van der Waals surface area contributed by atoms with Gasteiger partial charge in [-0.05, 0) is 50.5 Å². The molecule has 2 heterocycles. The van der Waals surface area contributed by atoms with E-state index in [1.165, 1.54) is 12.1 Å². The maximum Gasteiger partial charge on any atom is 0.166 e. The molecule has 0 spiro atoms. The van der Waals surface area contributed by atoms with Gasteiger partial charge in [0, 0.05) is 12.1 Å². The molecule has 1 saturated carbocycles. The monoisotopic (exact) mass is 353 g/mol. The molecule has 1 aromatic carbocycles. The van der Waals surface area contributed by atoms with Gasteiger partial charge >= 0.3 is 0 Å². The number of fused-ring (bicyclic) bond motifs is 1. The van der Waals surface area contributed by atoms with E-state index in [1.54, 1.807) is 24.3 Å². The summed E-state index contributed by atoms with van der Waals surface area (Å²) in [5, 5.41) is 10.2. The number of nitrogens with zero attached hydrogens (tertiary/aromatic N) is 4. The van der Waals surface area contributed by atoms with Crippen LogP contribution in [0.4, 0.5) is 10.2 Å². The molecule has 0 atom stereocenters. The molecule has 26 heavy (non-hydrogen) atoms. The molecule has 0 bridgehead atoms. The normalized spacial score (nSPS) is 16.3. The van der Waals surface area contributed by atoms with Gasteiger partial charge < -0.3 is 15.4 Å². The summed E-state index contributed by atoms with van der Waals surface area (Å²) >= 11 is 0. The van der Waals surface area contributed by atoms with Gasteiger partial charge in [-0.2, -0.15) is 0 Å². The second-order valence-electron chi connectivity index (χ2n) is 6.62. The number of anilines is 1. The molecule has 0 aliphatic heterocycles. The van der Waals surface area contributed by atoms with Crippen LogP contribution in [0.25, 0.3) is 28.6 Å². The molecule has 7 heteroatoms. The molecule has 0 unspecified atom stereocenters. The Kier molecular flexibility index (Phi) is 3.96. The van der Waals surface area contributed by atoms with Gasteiger partial charge in [-0.15, -0.1) is 0 Å². The van der Waals surface area contributed by atoms with Crippen molar-refractivity contribution in [3.8, 4) is 11.4 Å². The second kappa shape index (κ2) is 6.17. The van der Waals surface area contributed by atoms with Crippen LogP contribution < -0.4 is 5.73 Å². The predicted octanol–water partition coefficient (Wildman–Crippen LogP) is 3.16. The highest BCUT2D eigenvalue weighted by Crippen LogP contribution is 2.33. The van der Waals surface area contributed by atoms with Crippen molar-refractivity contribution in [2.45, 2.75) is 38.3 Å². The van der Waals surface area contributed by atoms with Crippen molar-refractivity contribution in [2.24, 2.45) is 0 Å². The van der Waals surface area contributed by atoms with Crippen molar-refractivity contribution in [1.82, 2.24) is 19.5 Å². The molecule has 3 aromatic rings. The Morgan fingerprint density at radius 2 is 2.12 bits per heavy atom. The first-order chi connectivity index (χ1) is 12.5. The van der Waals surface area contributed by atoms with Crippen LogP contribution in [0.3, 0.4) is 0 Å². The summed E-state index contributed by atoms with van der Waals surface area (Å²) in [4.78, 5) is 13.4. The lowest BCUT2D eigenvalue weighted by molar-refractivity contribution is 0.0150. The fourth-order valence-corrected chi connectivity index (χ4v) is 3.20. The van der Waals surface area contributed by atoms with Crippen LogP contribution in [0, 0.1) is 5.82 Å². The highest BCUT2D eigenvalue weighted by molar-refractivity contribution is 5.86. The van der Waals surface area contributed by atoms with Crippen molar-refractivity contribution in [3.05, 3.63) is 42.0 Å². The molecule has 134 valence electrons. The number of hydrogen-bond acceptors (Lipinski definition) is 5. The Labute approximate surface area is 150 Å². The topological polar surface area (TPSA) is 89.9 Å². The summed E-state index contributed by atoms with van der Waals surface area (Å²) in [7, 11) is 0. The highest BCUT2D eigenvalue weighted by atomic mass is 19.1. The van der Waals surface area contributed by atoms with Crippen molar-refractivity contribution >= 4 is 23.1 Å². The quantitative estimate of drug-likeness (QED) is 0.752. The molecule has 1 aliphatic rings. The summed E-state index contributed by atoms with van der Waals surface area (Å²) in [6.45, 7) is 2.57. The molecular formula is C19H20FN5O. The number of benzene rings is 1. The molecule has 6 nitrogen and oxygen atoms in total. The fraction of sp³-hybridized carbons (Fsp3) is 0.316. The molecular weight excluding hydrogens is 333 g/mol. The van der Waals surface area contributed by atoms with E-state index in [9.17, 15) is 9.50 Å². The second-order valence-corrected chi connectivity index (χ2v) is 6.62. The Bertz CT molecular complexity index is 1010. The number of hydrogen-bond donors (Lipinski definition) is 2. The molecule has 0 saturated heterocycles. The first kappa shape index (κ1) is 16.7. The van der Waals surface area contributed by atoms with E-state index >= 15 is 0 Å². The standard InChI is InChI=1S/C19H20FN5O/c1-2-25-17(12-5-3-6-13(20)11-12)24-15-16(21)22-14(23-18(15)25)7-10-19(26)8-4-9-19/h3,5-7,10-11,26H,2,4,8-9H2,1H3,(H2,21,22,23). The number of halogens is 1. The maximum atomic E-state index is 13.6. The van der Waals surface area contributed by atoms with E-state index in [0.29, 0.717) is 34.9 Å². The molecule has 0 radical (unpaired) electrons. The van der Waals surface area contributed by atoms with E-state index < -0.39 is 5.60 Å². The molecule has 2 aromatic heterocycles. The lowest BCUT2D eigenvalue weighted by atomic mass is 9.80. The van der Waals surface area contributed by atoms with Gasteiger partial charge in [0.05, 0.1) is 5.60 Å². The summed E-state index contributed by atoms with van der Waals surface area (Å²) in [6.07, 6.45) is 5.94. The first-order valence-corrected chi connectivity index (χ1v) is 8.70. The summed E-state index contributed by atoms with van der Waals surface area (Å²) < 4.78 is 15.5. The zero-order valence-electron chi connectivity index (χ0n) is 14.5. The van der Waals surface area contributed by atoms with Gasteiger partial charge in [0.25, 0.3) is 0 Å². The van der Waals surface area contributed by atoms with Crippen molar-refractivity contribution in [1.29, 1.82) is 0 Å². The number of nitrogens with two attached hydrogens (primary N) is 1. The van der Waals surface area contributed by atoms with Crippen LogP contribution in [-0.4, -0.2) is 30.2 Å². The number of imidazole rings is 1. The molecule has 1 fully saturated rings. The van der Waals surface area contributed by atoms with Crippen molar-refractivity contribution < 1.29 is 9.50 Å². The van der Waals surface area contributed by atoms with Crippen LogP contribution in [-0.2, 0) is 6.54 Å². The van der Waals surface area contributed by atoms with Crippen LogP contribution in [0.5, 0.6) is 0 Å². The lowest BCUT2D eigenvalue weighted by Gasteiger charge is -2.33. The van der Waals surface area contributed by atoms with Crippen LogP contribution >= 0.6 is 0 Å². The minimum atomic E-state index is -0.759. The molecule has 1 aliphatic carbocycles. The Balaban J connectivity index is 1.83. The zero-order valence-corrected chi connectivity index (χ0v) is 14.5. The van der Waals surface area contributed by atoms with E-state index in [4.69, 9.17) is 5.73 Å². The van der Waals surface area contributed by atoms with Crippen LogP contribution in [0.15, 0.2) is 30.3 Å². The Morgan fingerprint density at radius 3 is 2.77 bits per heavy atom. The summed E-state index contributed by atoms with van der Waals surface area (Å²) in [6, 6.07) is 6.27. The SMILES string of the molecule is CCn1c(-c2cccc(F)c2)nc2c(N)nc(C=CC3(O)CCC3)nc21. The number of aliphatic hydroxyl groups is 1. The number of aromatic nitrogens is 4. The van der Waals surface area contributed by atoms with Gasteiger partial charge in [0.15, 0.2) is 22.8 Å². The number of aryl methyl sites for hydroxylation is 1. The van der Waals surface area contributed by atoms with Crippen LogP contribution in [0.1, 0.15) is 32.0 Å². The smallest absolute Gasteiger partial charge is 0.166 e. The number of rotatable bonds is 4. The first-order valence-electron chi connectivity index (χ1n) is 8.70. The van der Waals surface area contributed by atoms with Crippen LogP contribution in [0.2, 0.25) is 0 Å². The minimum Gasteiger partial charge on any atom is -0.386 e. The summed E-state index contributed by atoms with van der Waals surface area (Å²) in [5.41, 5.74) is 7.08. The third kappa shape index (κ3) is 2.84. The van der Waals surface area contributed by atoms with E-state index in [0.717, 1.165) is 19.3 Å². The van der Waals surface area contributed by atoms with Gasteiger partial charge in [-0.1, -0.05) is 12.1 Å². The van der Waals surface area contributed by atoms with Gasteiger partial charge in [0.2, 0.25) is 0 Å². The Hall–Kier alpha value is -2.80. The average molecular weight is 353 g/mol. The van der Waals surface area contributed by atoms with Gasteiger partial charge in [-0.25, -0.2) is 19.3 Å². The molecule has 4 rings (SSSR count). The molecule has 3 N–H and O–H groups in total. The maximum absolute atomic E-state index is 13.6. The molecule has 0 amide bonds. The largest absolute Gasteiger partial charge is 0.386 e. The van der Waals surface area contributed by atoms with E-state index in [-0.39, 0.29) is 11.6 Å². The fourth-order valence-electron chi connectivity index (χ4n) is 3.20. The van der Waals surface area contributed by atoms with Gasteiger partial charge in [0.1, 0.15) is 11.6 Å². The lowest BCUT2D eigenvalue weighted by Crippen LogP contribution is -2.33. The summed E-state index contributed by atoms with van der Waals surface area (Å²) in [5.74, 6) is 0.964. The van der Waals surface area contributed by atoms with Crippen molar-refractivity contribution in [3.63, 3.8) is 0 Å². The third-order valence-corrected chi connectivity index (χ3v) is 4.80. The predicted molar refractivity (Wildman–Crippen MR) is 98.6 cm³/mol. The van der Waals surface area contributed by atoms with Gasteiger partial charge in [-0.3, -0.25) is 0 Å².